The lowest BCUT2D eigenvalue weighted by Crippen LogP contribution is -2.46. The van der Waals surface area contributed by atoms with Crippen LogP contribution < -0.4 is 16.0 Å². The zero-order valence-corrected chi connectivity index (χ0v) is 21.0. The molecular weight excluding hydrogens is 507 g/mol. The highest BCUT2D eigenvalue weighted by atomic mass is 35.5. The summed E-state index contributed by atoms with van der Waals surface area (Å²) in [4.78, 5) is 49.6. The average Bonchev–Trinajstić information content (AvgIpc) is 2.86. The number of piperidine rings is 1. The van der Waals surface area contributed by atoms with Crippen molar-refractivity contribution in [3.05, 3.63) is 64.1 Å². The van der Waals surface area contributed by atoms with E-state index < -0.39 is 18.0 Å². The molecule has 4 amide bonds. The van der Waals surface area contributed by atoms with Gasteiger partial charge in [-0.15, -0.1) is 0 Å². The highest BCUT2D eigenvalue weighted by Gasteiger charge is 2.28. The number of para-hydroxylation sites is 1. The minimum atomic E-state index is -1.10. The molecule has 0 aromatic heterocycles. The van der Waals surface area contributed by atoms with Gasteiger partial charge in [-0.05, 0) is 49.6 Å². The topological polar surface area (TPSA) is 128 Å². The molecule has 0 saturated carbocycles. The number of aliphatic carboxylic acids is 1. The molecule has 0 aliphatic carbocycles. The summed E-state index contributed by atoms with van der Waals surface area (Å²) in [6, 6.07) is 10.7. The Kier molecular flexibility index (Phi) is 9.32. The Morgan fingerprint density at radius 1 is 1.00 bits per heavy atom. The average molecular weight is 533 g/mol. The molecule has 11 heteroatoms. The summed E-state index contributed by atoms with van der Waals surface area (Å²) in [5, 5.41) is 17.0. The van der Waals surface area contributed by atoms with E-state index in [1.807, 2.05) is 6.07 Å². The monoisotopic (exact) mass is 532 g/mol. The molecule has 0 bridgehead atoms. The largest absolute Gasteiger partial charge is 0.480 e. The van der Waals surface area contributed by atoms with Crippen molar-refractivity contribution in [2.45, 2.75) is 25.8 Å². The molecule has 1 fully saturated rings. The van der Waals surface area contributed by atoms with Crippen LogP contribution in [-0.4, -0.2) is 53.0 Å². The number of nitrogens with one attached hydrogen (secondary N) is 3. The van der Waals surface area contributed by atoms with Gasteiger partial charge in [-0.2, -0.15) is 0 Å². The Morgan fingerprint density at radius 2 is 1.67 bits per heavy atom. The summed E-state index contributed by atoms with van der Waals surface area (Å²) in [6.07, 6.45) is 3.79. The van der Waals surface area contributed by atoms with Crippen LogP contribution in [0.2, 0.25) is 10.0 Å². The normalized spacial score (nSPS) is 14.8. The second kappa shape index (κ2) is 12.4. The fourth-order valence-electron chi connectivity index (χ4n) is 3.62. The number of carbonyl (C=O) groups is 4. The maximum Gasteiger partial charge on any atom is 0.325 e. The molecular formula is C25H26Cl2N4O5. The number of carbonyl (C=O) groups excluding carboxylic acids is 3. The number of hydrogen-bond donors (Lipinski definition) is 4. The van der Waals surface area contributed by atoms with Gasteiger partial charge in [0, 0.05) is 30.8 Å². The quantitative estimate of drug-likeness (QED) is 0.391. The van der Waals surface area contributed by atoms with E-state index in [1.54, 1.807) is 41.3 Å². The summed E-state index contributed by atoms with van der Waals surface area (Å²) in [5.74, 6) is -2.00. The maximum absolute atomic E-state index is 12.6. The van der Waals surface area contributed by atoms with Gasteiger partial charge in [0.2, 0.25) is 11.8 Å². The molecule has 1 aliphatic heterocycles. The van der Waals surface area contributed by atoms with E-state index in [0.717, 1.165) is 0 Å². The molecule has 3 rings (SSSR count). The molecule has 1 heterocycles. The van der Waals surface area contributed by atoms with Crippen molar-refractivity contribution < 1.29 is 24.3 Å². The molecule has 0 spiro atoms. The molecule has 2 aromatic carbocycles. The number of nitrogens with zero attached hydrogens (tertiary/aromatic N) is 1. The van der Waals surface area contributed by atoms with E-state index in [4.69, 9.17) is 28.3 Å². The molecule has 9 nitrogen and oxygen atoms in total. The molecule has 1 atom stereocenters. The van der Waals surface area contributed by atoms with Gasteiger partial charge in [0.25, 0.3) is 0 Å². The molecule has 1 aliphatic rings. The SMILES string of the molecule is CC(NC(=O)C1CCN(C(=O)/C=C/c2ccc(NC(=O)Nc3ccccc3)c(Cl)c2Cl)CC1)C(=O)O. The van der Waals surface area contributed by atoms with Crippen molar-refractivity contribution in [3.63, 3.8) is 0 Å². The fraction of sp³-hybridized carbons (Fsp3) is 0.280. The molecule has 190 valence electrons. The van der Waals surface area contributed by atoms with Crippen molar-refractivity contribution >= 4 is 64.5 Å². The Labute approximate surface area is 218 Å². The number of anilines is 2. The molecule has 2 aromatic rings. The third kappa shape index (κ3) is 7.22. The van der Waals surface area contributed by atoms with E-state index in [9.17, 15) is 19.2 Å². The zero-order chi connectivity index (χ0) is 26.2. The second-order valence-corrected chi connectivity index (χ2v) is 9.03. The van der Waals surface area contributed by atoms with E-state index in [-0.39, 0.29) is 27.8 Å². The highest BCUT2D eigenvalue weighted by molar-refractivity contribution is 6.45. The van der Waals surface area contributed by atoms with Crippen LogP contribution >= 0.6 is 23.2 Å². The standard InChI is InChI=1S/C25H26Cl2N4O5/c1-15(24(34)35)28-23(33)17-11-13-31(14-12-17)20(32)10-8-16-7-9-19(22(27)21(16)26)30-25(36)29-18-5-3-2-4-6-18/h2-10,15,17H,11-14H2,1H3,(H,28,33)(H,34,35)(H2,29,30,36)/b10-8+. The van der Waals surface area contributed by atoms with Gasteiger partial charge in [0.15, 0.2) is 0 Å². The van der Waals surface area contributed by atoms with Crippen LogP contribution in [0.15, 0.2) is 48.5 Å². The number of benzene rings is 2. The van der Waals surface area contributed by atoms with Gasteiger partial charge < -0.3 is 26.0 Å². The van der Waals surface area contributed by atoms with Crippen LogP contribution in [0, 0.1) is 5.92 Å². The number of carboxylic acids is 1. The summed E-state index contributed by atoms with van der Waals surface area (Å²) in [7, 11) is 0. The van der Waals surface area contributed by atoms with E-state index in [0.29, 0.717) is 42.9 Å². The van der Waals surface area contributed by atoms with Crippen LogP contribution in [0.25, 0.3) is 6.08 Å². The number of rotatable bonds is 7. The van der Waals surface area contributed by atoms with Gasteiger partial charge in [-0.25, -0.2) is 4.79 Å². The number of halogens is 2. The van der Waals surface area contributed by atoms with Crippen molar-refractivity contribution in [3.8, 4) is 0 Å². The van der Waals surface area contributed by atoms with Crippen LogP contribution in [0.1, 0.15) is 25.3 Å². The minimum Gasteiger partial charge on any atom is -0.480 e. The number of likely N-dealkylation sites (tertiary alicyclic amines) is 1. The summed E-state index contributed by atoms with van der Waals surface area (Å²) in [5.41, 5.74) is 1.44. The molecule has 4 N–H and O–H groups in total. The van der Waals surface area contributed by atoms with Crippen LogP contribution in [0.4, 0.5) is 16.2 Å². The first-order valence-electron chi connectivity index (χ1n) is 11.3. The van der Waals surface area contributed by atoms with Crippen molar-refractivity contribution in [2.24, 2.45) is 5.92 Å². The maximum atomic E-state index is 12.6. The highest BCUT2D eigenvalue weighted by Crippen LogP contribution is 2.34. The number of carboxylic acid groups (broad SMARTS) is 1. The summed E-state index contributed by atoms with van der Waals surface area (Å²) in [6.45, 7) is 2.15. The fourth-order valence-corrected chi connectivity index (χ4v) is 4.06. The first kappa shape index (κ1) is 27.0. The zero-order valence-electron chi connectivity index (χ0n) is 19.5. The van der Waals surface area contributed by atoms with E-state index in [1.165, 1.54) is 19.1 Å². The van der Waals surface area contributed by atoms with Gasteiger partial charge in [-0.1, -0.05) is 47.5 Å². The number of urea groups is 1. The smallest absolute Gasteiger partial charge is 0.325 e. The molecule has 0 radical (unpaired) electrons. The lowest BCUT2D eigenvalue weighted by atomic mass is 9.95. The minimum absolute atomic E-state index is 0.136. The summed E-state index contributed by atoms with van der Waals surface area (Å²) < 4.78 is 0. The summed E-state index contributed by atoms with van der Waals surface area (Å²) >= 11 is 12.7. The van der Waals surface area contributed by atoms with Gasteiger partial charge in [0.1, 0.15) is 6.04 Å². The van der Waals surface area contributed by atoms with Crippen molar-refractivity contribution in [1.82, 2.24) is 10.2 Å². The second-order valence-electron chi connectivity index (χ2n) is 8.28. The molecule has 36 heavy (non-hydrogen) atoms. The Hall–Kier alpha value is -3.56. The van der Waals surface area contributed by atoms with Gasteiger partial charge in [-0.3, -0.25) is 14.4 Å². The van der Waals surface area contributed by atoms with Gasteiger partial charge in [0.05, 0.1) is 15.7 Å². The van der Waals surface area contributed by atoms with Crippen molar-refractivity contribution in [2.75, 3.05) is 23.7 Å². The molecule has 1 saturated heterocycles. The first-order valence-corrected chi connectivity index (χ1v) is 12.0. The van der Waals surface area contributed by atoms with E-state index in [2.05, 4.69) is 16.0 Å². The predicted molar refractivity (Wildman–Crippen MR) is 139 cm³/mol. The van der Waals surface area contributed by atoms with Crippen molar-refractivity contribution in [1.29, 1.82) is 0 Å². The number of hydrogen-bond acceptors (Lipinski definition) is 4. The predicted octanol–water partition coefficient (Wildman–Crippen LogP) is 4.48. The Morgan fingerprint density at radius 3 is 2.31 bits per heavy atom. The number of amides is 4. The van der Waals surface area contributed by atoms with Crippen LogP contribution in [0.3, 0.4) is 0 Å². The Bertz CT molecular complexity index is 1160. The third-order valence-corrected chi connectivity index (χ3v) is 6.60. The Balaban J connectivity index is 1.55. The van der Waals surface area contributed by atoms with Crippen LogP contribution in [0.5, 0.6) is 0 Å². The first-order chi connectivity index (χ1) is 17.2. The third-order valence-electron chi connectivity index (χ3n) is 5.70. The van der Waals surface area contributed by atoms with E-state index >= 15 is 0 Å². The lowest BCUT2D eigenvalue weighted by molar-refractivity contribution is -0.142. The lowest BCUT2D eigenvalue weighted by Gasteiger charge is -2.31. The van der Waals surface area contributed by atoms with Gasteiger partial charge >= 0.3 is 12.0 Å². The molecule has 1 unspecified atom stereocenters. The van der Waals surface area contributed by atoms with Crippen LogP contribution in [-0.2, 0) is 14.4 Å².